The first kappa shape index (κ1) is 12.3. The number of hydrogen-bond acceptors (Lipinski definition) is 1. The molecule has 0 bridgehead atoms. The molecule has 78 valence electrons. The minimum Gasteiger partial charge on any atom is -0.341 e. The van der Waals surface area contributed by atoms with E-state index in [0.29, 0.717) is 6.04 Å². The molecule has 0 saturated heterocycles. The highest BCUT2D eigenvalue weighted by Gasteiger charge is 2.14. The molecule has 2 N–H and O–H groups in total. The van der Waals surface area contributed by atoms with E-state index in [0.717, 1.165) is 12.8 Å². The molecule has 0 aromatic carbocycles. The highest BCUT2D eigenvalue weighted by molar-refractivity contribution is 5.73. The molecule has 1 saturated carbocycles. The summed E-state index contributed by atoms with van der Waals surface area (Å²) < 4.78 is 0. The molecule has 0 aromatic rings. The second-order valence-corrected chi connectivity index (χ2v) is 3.06. The van der Waals surface area contributed by atoms with Crippen LogP contribution in [-0.4, -0.2) is 19.1 Å². The van der Waals surface area contributed by atoms with E-state index >= 15 is 0 Å². The highest BCUT2D eigenvalue weighted by atomic mass is 16.2. The predicted octanol–water partition coefficient (Wildman–Crippen LogP) is 2.27. The zero-order chi connectivity index (χ0) is 10.1. The van der Waals surface area contributed by atoms with Crippen molar-refractivity contribution in [1.29, 1.82) is 0 Å². The number of hydrogen-bond donors (Lipinski definition) is 2. The van der Waals surface area contributed by atoms with Crippen LogP contribution in [0.15, 0.2) is 0 Å². The number of urea groups is 1. The number of amides is 2. The number of carbonyl (C=O) groups excluding carboxylic acids is 1. The predicted molar refractivity (Wildman–Crippen MR) is 55.8 cm³/mol. The summed E-state index contributed by atoms with van der Waals surface area (Å²) in [5, 5.41) is 5.48. The van der Waals surface area contributed by atoms with Crippen molar-refractivity contribution in [2.45, 2.75) is 52.0 Å². The zero-order valence-corrected chi connectivity index (χ0v) is 9.02. The Bertz CT molecular complexity index is 131. The summed E-state index contributed by atoms with van der Waals surface area (Å²) in [6.07, 6.45) is 6.14. The van der Waals surface area contributed by atoms with Gasteiger partial charge in [0.15, 0.2) is 0 Å². The number of carbonyl (C=O) groups is 1. The van der Waals surface area contributed by atoms with E-state index in [1.807, 2.05) is 13.8 Å². The largest absolute Gasteiger partial charge is 0.341 e. The SMILES string of the molecule is CC.CNC(=O)NC1CCCCC1. The molecule has 1 aliphatic rings. The van der Waals surface area contributed by atoms with Crippen molar-refractivity contribution in [3.8, 4) is 0 Å². The van der Waals surface area contributed by atoms with Crippen molar-refractivity contribution in [2.75, 3.05) is 7.05 Å². The van der Waals surface area contributed by atoms with Gasteiger partial charge in [-0.15, -0.1) is 0 Å². The van der Waals surface area contributed by atoms with Crippen molar-refractivity contribution < 1.29 is 4.79 Å². The quantitative estimate of drug-likeness (QED) is 0.648. The monoisotopic (exact) mass is 186 g/mol. The van der Waals surface area contributed by atoms with Gasteiger partial charge in [-0.05, 0) is 12.8 Å². The Morgan fingerprint density at radius 2 is 1.69 bits per heavy atom. The van der Waals surface area contributed by atoms with Crippen molar-refractivity contribution >= 4 is 6.03 Å². The molecule has 0 spiro atoms. The maximum Gasteiger partial charge on any atom is 0.314 e. The fraction of sp³-hybridized carbons (Fsp3) is 0.900. The van der Waals surface area contributed by atoms with Gasteiger partial charge >= 0.3 is 6.03 Å². The van der Waals surface area contributed by atoms with Crippen LogP contribution in [0.5, 0.6) is 0 Å². The lowest BCUT2D eigenvalue weighted by molar-refractivity contribution is 0.234. The van der Waals surface area contributed by atoms with Crippen LogP contribution in [0, 0.1) is 0 Å². The molecule has 2 amide bonds. The van der Waals surface area contributed by atoms with Gasteiger partial charge in [-0.1, -0.05) is 33.1 Å². The van der Waals surface area contributed by atoms with Crippen LogP contribution < -0.4 is 10.6 Å². The van der Waals surface area contributed by atoms with Crippen LogP contribution in [0.2, 0.25) is 0 Å². The van der Waals surface area contributed by atoms with E-state index in [-0.39, 0.29) is 6.03 Å². The lowest BCUT2D eigenvalue weighted by atomic mass is 9.96. The molecule has 13 heavy (non-hydrogen) atoms. The minimum atomic E-state index is -0.0445. The molecule has 0 atom stereocenters. The van der Waals surface area contributed by atoms with Gasteiger partial charge in [0.2, 0.25) is 0 Å². The molecule has 0 aromatic heterocycles. The second-order valence-electron chi connectivity index (χ2n) is 3.06. The van der Waals surface area contributed by atoms with Gasteiger partial charge < -0.3 is 10.6 Å². The first-order valence-corrected chi connectivity index (χ1v) is 5.31. The van der Waals surface area contributed by atoms with Crippen molar-refractivity contribution in [3.05, 3.63) is 0 Å². The molecule has 0 radical (unpaired) electrons. The Morgan fingerprint density at radius 1 is 1.15 bits per heavy atom. The Hall–Kier alpha value is -0.730. The fourth-order valence-electron chi connectivity index (χ4n) is 1.50. The first-order chi connectivity index (χ1) is 6.33. The van der Waals surface area contributed by atoms with Crippen LogP contribution in [0.3, 0.4) is 0 Å². The maximum absolute atomic E-state index is 10.9. The Labute approximate surface area is 81.3 Å². The Kier molecular flexibility index (Phi) is 7.45. The normalized spacial score (nSPS) is 16.8. The maximum atomic E-state index is 10.9. The van der Waals surface area contributed by atoms with Gasteiger partial charge in [0, 0.05) is 13.1 Å². The summed E-state index contributed by atoms with van der Waals surface area (Å²) in [6.45, 7) is 4.00. The van der Waals surface area contributed by atoms with E-state index in [2.05, 4.69) is 10.6 Å². The summed E-state index contributed by atoms with van der Waals surface area (Å²) in [5.41, 5.74) is 0. The third-order valence-corrected chi connectivity index (χ3v) is 2.17. The lowest BCUT2D eigenvalue weighted by Crippen LogP contribution is -2.41. The van der Waals surface area contributed by atoms with Crippen LogP contribution in [0.4, 0.5) is 4.79 Å². The van der Waals surface area contributed by atoms with Crippen LogP contribution in [-0.2, 0) is 0 Å². The lowest BCUT2D eigenvalue weighted by Gasteiger charge is -2.22. The van der Waals surface area contributed by atoms with Crippen molar-refractivity contribution in [2.24, 2.45) is 0 Å². The van der Waals surface area contributed by atoms with Gasteiger partial charge in [0.25, 0.3) is 0 Å². The molecule has 1 fully saturated rings. The van der Waals surface area contributed by atoms with Gasteiger partial charge in [0.05, 0.1) is 0 Å². The highest BCUT2D eigenvalue weighted by Crippen LogP contribution is 2.16. The smallest absolute Gasteiger partial charge is 0.314 e. The molecule has 3 nitrogen and oxygen atoms in total. The molecule has 0 aliphatic heterocycles. The van der Waals surface area contributed by atoms with E-state index in [1.54, 1.807) is 7.05 Å². The second kappa shape index (κ2) is 7.90. The average molecular weight is 186 g/mol. The molecule has 3 heteroatoms. The van der Waals surface area contributed by atoms with Crippen molar-refractivity contribution in [1.82, 2.24) is 10.6 Å². The Morgan fingerprint density at radius 3 is 2.15 bits per heavy atom. The summed E-state index contributed by atoms with van der Waals surface area (Å²) >= 11 is 0. The molecule has 0 unspecified atom stereocenters. The van der Waals surface area contributed by atoms with E-state index in [4.69, 9.17) is 0 Å². The van der Waals surface area contributed by atoms with E-state index in [1.165, 1.54) is 19.3 Å². The molecular weight excluding hydrogens is 164 g/mol. The van der Waals surface area contributed by atoms with E-state index < -0.39 is 0 Å². The summed E-state index contributed by atoms with van der Waals surface area (Å²) in [4.78, 5) is 10.9. The Balaban J connectivity index is 0.000000671. The topological polar surface area (TPSA) is 41.1 Å². The van der Waals surface area contributed by atoms with Crippen LogP contribution >= 0.6 is 0 Å². The summed E-state index contributed by atoms with van der Waals surface area (Å²) in [5.74, 6) is 0. The average Bonchev–Trinajstić information content (AvgIpc) is 2.22. The number of nitrogens with one attached hydrogen (secondary N) is 2. The van der Waals surface area contributed by atoms with Gasteiger partial charge in [0.1, 0.15) is 0 Å². The summed E-state index contributed by atoms with van der Waals surface area (Å²) in [6, 6.07) is 0.376. The molecular formula is C10H22N2O. The van der Waals surface area contributed by atoms with E-state index in [9.17, 15) is 4.79 Å². The van der Waals surface area contributed by atoms with Crippen LogP contribution in [0.1, 0.15) is 46.0 Å². The third-order valence-electron chi connectivity index (χ3n) is 2.17. The summed E-state index contributed by atoms with van der Waals surface area (Å²) in [7, 11) is 1.65. The molecule has 1 rings (SSSR count). The third kappa shape index (κ3) is 5.50. The van der Waals surface area contributed by atoms with Gasteiger partial charge in [-0.2, -0.15) is 0 Å². The standard InChI is InChI=1S/C8H16N2O.C2H6/c1-9-8(11)10-7-5-3-2-4-6-7;1-2/h7H,2-6H2,1H3,(H2,9,10,11);1-2H3. The zero-order valence-electron chi connectivity index (χ0n) is 9.02. The van der Waals surface area contributed by atoms with Gasteiger partial charge in [-0.25, -0.2) is 4.79 Å². The first-order valence-electron chi connectivity index (χ1n) is 5.31. The van der Waals surface area contributed by atoms with Crippen LogP contribution in [0.25, 0.3) is 0 Å². The number of rotatable bonds is 1. The fourth-order valence-corrected chi connectivity index (χ4v) is 1.50. The molecule has 1 aliphatic carbocycles. The molecule has 0 heterocycles. The van der Waals surface area contributed by atoms with Gasteiger partial charge in [-0.3, -0.25) is 0 Å². The minimum absolute atomic E-state index is 0.0445. The van der Waals surface area contributed by atoms with Crippen molar-refractivity contribution in [3.63, 3.8) is 0 Å².